The minimum atomic E-state index is -0.887. The summed E-state index contributed by atoms with van der Waals surface area (Å²) < 4.78 is 19.0. The zero-order chi connectivity index (χ0) is 20.1. The van der Waals surface area contributed by atoms with Crippen molar-refractivity contribution in [3.05, 3.63) is 54.0 Å². The standard InChI is InChI=1S/C20H22FN3O4/c1-13-8-15(19(25)26)12-24(11-13)20(27)23-10-14-4-3-7-22-18(14)28-17-6-2-5-16(21)9-17/h2-7,9,13,15H,8,10-12H2,1H3,(H,23,27)(H,25,26). The number of aromatic nitrogens is 1. The van der Waals surface area contributed by atoms with Gasteiger partial charge in [-0.25, -0.2) is 14.2 Å². The average Bonchev–Trinajstić information content (AvgIpc) is 2.66. The Hall–Kier alpha value is -3.16. The second kappa shape index (κ2) is 8.69. The normalized spacial score (nSPS) is 19.1. The van der Waals surface area contributed by atoms with E-state index in [2.05, 4.69) is 10.3 Å². The number of carbonyl (C=O) groups excluding carboxylic acids is 1. The van der Waals surface area contributed by atoms with Crippen LogP contribution in [0.4, 0.5) is 9.18 Å². The fraction of sp³-hybridized carbons (Fsp3) is 0.350. The van der Waals surface area contributed by atoms with E-state index in [1.165, 1.54) is 23.1 Å². The molecule has 0 bridgehead atoms. The van der Waals surface area contributed by atoms with Crippen molar-refractivity contribution in [2.24, 2.45) is 11.8 Å². The lowest BCUT2D eigenvalue weighted by Crippen LogP contribution is -2.49. The third kappa shape index (κ3) is 4.97. The topological polar surface area (TPSA) is 91.8 Å². The van der Waals surface area contributed by atoms with Crippen LogP contribution in [0.25, 0.3) is 0 Å². The maximum absolute atomic E-state index is 13.3. The molecule has 1 aromatic heterocycles. The number of rotatable bonds is 5. The quantitative estimate of drug-likeness (QED) is 0.822. The first-order chi connectivity index (χ1) is 13.4. The molecule has 2 amide bonds. The van der Waals surface area contributed by atoms with Crippen molar-refractivity contribution in [2.45, 2.75) is 19.9 Å². The van der Waals surface area contributed by atoms with Crippen LogP contribution in [-0.2, 0) is 11.3 Å². The van der Waals surface area contributed by atoms with Crippen LogP contribution >= 0.6 is 0 Å². The largest absolute Gasteiger partial charge is 0.481 e. The molecule has 0 saturated carbocycles. The van der Waals surface area contributed by atoms with Gasteiger partial charge in [-0.05, 0) is 30.5 Å². The van der Waals surface area contributed by atoms with Gasteiger partial charge in [0.2, 0.25) is 5.88 Å². The lowest BCUT2D eigenvalue weighted by Gasteiger charge is -2.34. The van der Waals surface area contributed by atoms with E-state index in [-0.39, 0.29) is 30.9 Å². The second-order valence-electron chi connectivity index (χ2n) is 6.97. The molecule has 0 spiro atoms. The number of nitrogens with one attached hydrogen (secondary N) is 1. The number of benzene rings is 1. The number of likely N-dealkylation sites (tertiary alicyclic amines) is 1. The van der Waals surface area contributed by atoms with Crippen molar-refractivity contribution >= 4 is 12.0 Å². The number of carbonyl (C=O) groups is 2. The molecule has 1 fully saturated rings. The van der Waals surface area contributed by atoms with Crippen LogP contribution in [0.3, 0.4) is 0 Å². The summed E-state index contributed by atoms with van der Waals surface area (Å²) in [5, 5.41) is 12.0. The van der Waals surface area contributed by atoms with Crippen molar-refractivity contribution in [1.82, 2.24) is 15.2 Å². The second-order valence-corrected chi connectivity index (χ2v) is 6.97. The lowest BCUT2D eigenvalue weighted by molar-refractivity contribution is -0.143. The summed E-state index contributed by atoms with van der Waals surface area (Å²) >= 11 is 0. The van der Waals surface area contributed by atoms with Gasteiger partial charge in [0, 0.05) is 37.5 Å². The van der Waals surface area contributed by atoms with Crippen molar-refractivity contribution < 1.29 is 23.8 Å². The minimum Gasteiger partial charge on any atom is -0.481 e. The molecular formula is C20H22FN3O4. The van der Waals surface area contributed by atoms with Crippen LogP contribution < -0.4 is 10.1 Å². The Kier molecular flexibility index (Phi) is 6.08. The van der Waals surface area contributed by atoms with Gasteiger partial charge < -0.3 is 20.1 Å². The molecule has 1 saturated heterocycles. The molecule has 148 valence electrons. The maximum Gasteiger partial charge on any atom is 0.317 e. The summed E-state index contributed by atoms with van der Waals surface area (Å²) in [5.41, 5.74) is 0.625. The molecule has 2 N–H and O–H groups in total. The predicted octanol–water partition coefficient (Wildman–Crippen LogP) is 3.27. The number of pyridine rings is 1. The molecule has 0 aliphatic carbocycles. The number of nitrogens with zero attached hydrogens (tertiary/aromatic N) is 2. The summed E-state index contributed by atoms with van der Waals surface area (Å²) in [7, 11) is 0. The summed E-state index contributed by atoms with van der Waals surface area (Å²) in [6.45, 7) is 2.78. The van der Waals surface area contributed by atoms with Crippen molar-refractivity contribution in [3.8, 4) is 11.6 Å². The molecule has 1 aliphatic rings. The number of piperidine rings is 1. The molecule has 28 heavy (non-hydrogen) atoms. The van der Waals surface area contributed by atoms with E-state index in [4.69, 9.17) is 4.74 Å². The van der Waals surface area contributed by atoms with E-state index in [0.717, 1.165) is 0 Å². The SMILES string of the molecule is CC1CC(C(=O)O)CN(C(=O)NCc2cccnc2Oc2cccc(F)c2)C1. The maximum atomic E-state index is 13.3. The molecular weight excluding hydrogens is 365 g/mol. The van der Waals surface area contributed by atoms with Gasteiger partial charge in [-0.15, -0.1) is 0 Å². The average molecular weight is 387 g/mol. The first-order valence-corrected chi connectivity index (χ1v) is 9.05. The monoisotopic (exact) mass is 387 g/mol. The Morgan fingerprint density at radius 2 is 2.14 bits per heavy atom. The number of carboxylic acid groups (broad SMARTS) is 1. The molecule has 7 nitrogen and oxygen atoms in total. The van der Waals surface area contributed by atoms with Gasteiger partial charge in [0.25, 0.3) is 0 Å². The molecule has 2 aromatic rings. The highest BCUT2D eigenvalue weighted by molar-refractivity contribution is 5.76. The lowest BCUT2D eigenvalue weighted by atomic mass is 9.91. The van der Waals surface area contributed by atoms with Crippen LogP contribution in [0, 0.1) is 17.7 Å². The Bertz CT molecular complexity index is 861. The number of ether oxygens (including phenoxy) is 1. The number of hydrogen-bond donors (Lipinski definition) is 2. The smallest absolute Gasteiger partial charge is 0.317 e. The van der Waals surface area contributed by atoms with Crippen molar-refractivity contribution in [2.75, 3.05) is 13.1 Å². The molecule has 2 unspecified atom stereocenters. The molecule has 1 aliphatic heterocycles. The van der Waals surface area contributed by atoms with Gasteiger partial charge in [-0.2, -0.15) is 0 Å². The Morgan fingerprint density at radius 3 is 2.89 bits per heavy atom. The summed E-state index contributed by atoms with van der Waals surface area (Å²) in [6, 6.07) is 8.84. The van der Waals surface area contributed by atoms with Gasteiger partial charge >= 0.3 is 12.0 Å². The number of urea groups is 1. The van der Waals surface area contributed by atoms with E-state index in [1.807, 2.05) is 6.92 Å². The Balaban J connectivity index is 1.64. The zero-order valence-corrected chi connectivity index (χ0v) is 15.5. The highest BCUT2D eigenvalue weighted by atomic mass is 19.1. The molecule has 1 aromatic carbocycles. The van der Waals surface area contributed by atoms with Gasteiger partial charge in [-0.1, -0.05) is 19.1 Å². The van der Waals surface area contributed by atoms with Crippen LogP contribution in [-0.4, -0.2) is 40.1 Å². The third-order valence-electron chi connectivity index (χ3n) is 4.59. The van der Waals surface area contributed by atoms with Gasteiger partial charge in [0.15, 0.2) is 0 Å². The molecule has 0 radical (unpaired) electrons. The minimum absolute atomic E-state index is 0.117. The van der Waals surface area contributed by atoms with Crippen molar-refractivity contribution in [1.29, 1.82) is 0 Å². The van der Waals surface area contributed by atoms with E-state index in [0.29, 0.717) is 24.3 Å². The highest BCUT2D eigenvalue weighted by Gasteiger charge is 2.31. The molecule has 2 atom stereocenters. The van der Waals surface area contributed by atoms with Gasteiger partial charge in [-0.3, -0.25) is 4.79 Å². The van der Waals surface area contributed by atoms with Crippen LogP contribution in [0.5, 0.6) is 11.6 Å². The number of amides is 2. The summed E-state index contributed by atoms with van der Waals surface area (Å²) in [5.74, 6) is -1.17. The summed E-state index contributed by atoms with van der Waals surface area (Å²) in [4.78, 5) is 29.5. The number of aliphatic carboxylic acids is 1. The molecule has 2 heterocycles. The highest BCUT2D eigenvalue weighted by Crippen LogP contribution is 2.24. The first-order valence-electron chi connectivity index (χ1n) is 9.05. The first kappa shape index (κ1) is 19.6. The summed E-state index contributed by atoms with van der Waals surface area (Å²) in [6.07, 6.45) is 2.11. The fourth-order valence-corrected chi connectivity index (χ4v) is 3.27. The Morgan fingerprint density at radius 1 is 1.32 bits per heavy atom. The van der Waals surface area contributed by atoms with E-state index in [9.17, 15) is 19.1 Å². The van der Waals surface area contributed by atoms with Crippen LogP contribution in [0.1, 0.15) is 18.9 Å². The number of carboxylic acids is 1. The van der Waals surface area contributed by atoms with E-state index >= 15 is 0 Å². The van der Waals surface area contributed by atoms with E-state index < -0.39 is 17.7 Å². The van der Waals surface area contributed by atoms with E-state index in [1.54, 1.807) is 24.4 Å². The van der Waals surface area contributed by atoms with Crippen LogP contribution in [0.2, 0.25) is 0 Å². The molecule has 8 heteroatoms. The van der Waals surface area contributed by atoms with Crippen LogP contribution in [0.15, 0.2) is 42.6 Å². The zero-order valence-electron chi connectivity index (χ0n) is 15.5. The number of hydrogen-bond acceptors (Lipinski definition) is 4. The van der Waals surface area contributed by atoms with Crippen molar-refractivity contribution in [3.63, 3.8) is 0 Å². The fourth-order valence-electron chi connectivity index (χ4n) is 3.27. The predicted molar refractivity (Wildman–Crippen MR) is 99.4 cm³/mol. The Labute approximate surface area is 162 Å². The number of halogens is 1. The molecule has 3 rings (SSSR count). The van der Waals surface area contributed by atoms with Gasteiger partial charge in [0.1, 0.15) is 11.6 Å². The van der Waals surface area contributed by atoms with Gasteiger partial charge in [0.05, 0.1) is 5.92 Å². The third-order valence-corrected chi connectivity index (χ3v) is 4.59.